The van der Waals surface area contributed by atoms with Crippen molar-refractivity contribution in [2.75, 3.05) is 6.54 Å². The zero-order chi connectivity index (χ0) is 15.4. The number of hydrogen-bond acceptors (Lipinski definition) is 2. The number of halogens is 2. The largest absolute Gasteiger partial charge is 0.310 e. The number of hydrogen-bond donors (Lipinski definition) is 1. The molecule has 5 heteroatoms. The fourth-order valence-electron chi connectivity index (χ4n) is 2.46. The van der Waals surface area contributed by atoms with Gasteiger partial charge in [0, 0.05) is 34.7 Å². The molecular weight excluding hydrogens is 350 g/mol. The van der Waals surface area contributed by atoms with Crippen molar-refractivity contribution in [3.05, 3.63) is 50.7 Å². The molecule has 0 spiro atoms. The Kier molecular flexibility index (Phi) is 5.85. The third kappa shape index (κ3) is 4.09. The SMILES string of the molecule is CCNC(Cc1cc(CC)nn1C)c1cc(Br)ccc1Cl. The van der Waals surface area contributed by atoms with E-state index < -0.39 is 0 Å². The Morgan fingerprint density at radius 2 is 2.10 bits per heavy atom. The van der Waals surface area contributed by atoms with Crippen molar-refractivity contribution in [1.82, 2.24) is 15.1 Å². The molecule has 0 aliphatic carbocycles. The van der Waals surface area contributed by atoms with E-state index in [-0.39, 0.29) is 6.04 Å². The fourth-order valence-corrected chi connectivity index (χ4v) is 3.09. The quantitative estimate of drug-likeness (QED) is 0.822. The van der Waals surface area contributed by atoms with Crippen molar-refractivity contribution in [3.8, 4) is 0 Å². The highest BCUT2D eigenvalue weighted by Crippen LogP contribution is 2.29. The van der Waals surface area contributed by atoms with Gasteiger partial charge in [0.15, 0.2) is 0 Å². The van der Waals surface area contributed by atoms with Gasteiger partial charge < -0.3 is 5.32 Å². The van der Waals surface area contributed by atoms with Crippen LogP contribution in [0.15, 0.2) is 28.7 Å². The first-order chi connectivity index (χ1) is 10.0. The van der Waals surface area contributed by atoms with Crippen LogP contribution in [0.5, 0.6) is 0 Å². The second-order valence-corrected chi connectivity index (χ2v) is 6.41. The average molecular weight is 371 g/mol. The van der Waals surface area contributed by atoms with Gasteiger partial charge in [0.1, 0.15) is 0 Å². The van der Waals surface area contributed by atoms with Crippen molar-refractivity contribution in [2.45, 2.75) is 32.7 Å². The first-order valence-corrected chi connectivity index (χ1v) is 8.42. The molecule has 0 bridgehead atoms. The van der Waals surface area contributed by atoms with Crippen LogP contribution in [0.2, 0.25) is 5.02 Å². The van der Waals surface area contributed by atoms with E-state index in [4.69, 9.17) is 11.6 Å². The molecule has 0 aliphatic heterocycles. The van der Waals surface area contributed by atoms with Gasteiger partial charge in [0.25, 0.3) is 0 Å². The third-order valence-electron chi connectivity index (χ3n) is 3.59. The molecular formula is C16H21BrClN3. The maximum atomic E-state index is 6.38. The van der Waals surface area contributed by atoms with Crippen LogP contribution in [0.3, 0.4) is 0 Å². The summed E-state index contributed by atoms with van der Waals surface area (Å²) in [6.45, 7) is 5.13. The van der Waals surface area contributed by atoms with Crippen LogP contribution in [0.1, 0.15) is 36.8 Å². The van der Waals surface area contributed by atoms with Gasteiger partial charge in [-0.05, 0) is 42.8 Å². The smallest absolute Gasteiger partial charge is 0.0624 e. The summed E-state index contributed by atoms with van der Waals surface area (Å²) in [5.74, 6) is 0. The number of nitrogens with zero attached hydrogens (tertiary/aromatic N) is 2. The van der Waals surface area contributed by atoms with Gasteiger partial charge in [-0.25, -0.2) is 0 Å². The van der Waals surface area contributed by atoms with Crippen molar-refractivity contribution in [3.63, 3.8) is 0 Å². The van der Waals surface area contributed by atoms with Gasteiger partial charge in [0.2, 0.25) is 0 Å². The van der Waals surface area contributed by atoms with Crippen LogP contribution in [0.4, 0.5) is 0 Å². The lowest BCUT2D eigenvalue weighted by Crippen LogP contribution is -2.24. The Balaban J connectivity index is 2.30. The highest BCUT2D eigenvalue weighted by Gasteiger charge is 2.17. The predicted octanol–water partition coefficient (Wildman–Crippen LogP) is 4.29. The van der Waals surface area contributed by atoms with Crippen molar-refractivity contribution in [2.24, 2.45) is 7.05 Å². The molecule has 21 heavy (non-hydrogen) atoms. The summed E-state index contributed by atoms with van der Waals surface area (Å²) in [6, 6.07) is 8.35. The molecule has 0 aliphatic rings. The summed E-state index contributed by atoms with van der Waals surface area (Å²) in [5, 5.41) is 8.84. The van der Waals surface area contributed by atoms with Gasteiger partial charge in [-0.15, -0.1) is 0 Å². The van der Waals surface area contributed by atoms with E-state index in [2.05, 4.69) is 52.3 Å². The minimum atomic E-state index is 0.181. The molecule has 1 aromatic heterocycles. The molecule has 3 nitrogen and oxygen atoms in total. The highest BCUT2D eigenvalue weighted by molar-refractivity contribution is 9.10. The monoisotopic (exact) mass is 369 g/mol. The topological polar surface area (TPSA) is 29.9 Å². The van der Waals surface area contributed by atoms with Crippen LogP contribution in [0.25, 0.3) is 0 Å². The first-order valence-electron chi connectivity index (χ1n) is 7.25. The summed E-state index contributed by atoms with van der Waals surface area (Å²) < 4.78 is 3.01. The molecule has 2 rings (SSSR count). The summed E-state index contributed by atoms with van der Waals surface area (Å²) in [6.07, 6.45) is 1.82. The van der Waals surface area contributed by atoms with Gasteiger partial charge in [-0.1, -0.05) is 41.4 Å². The molecule has 1 heterocycles. The van der Waals surface area contributed by atoms with Crippen molar-refractivity contribution < 1.29 is 0 Å². The molecule has 0 radical (unpaired) electrons. The second kappa shape index (κ2) is 7.43. The van der Waals surface area contributed by atoms with E-state index >= 15 is 0 Å². The lowest BCUT2D eigenvalue weighted by molar-refractivity contribution is 0.528. The summed E-state index contributed by atoms with van der Waals surface area (Å²) in [4.78, 5) is 0. The standard InChI is InChI=1S/C16H21BrClN3/c1-4-12-9-13(21(3)20-12)10-16(19-5-2)14-8-11(17)6-7-15(14)18/h6-9,16,19H,4-5,10H2,1-3H3. The second-order valence-electron chi connectivity index (χ2n) is 5.08. The van der Waals surface area contributed by atoms with Gasteiger partial charge in [-0.2, -0.15) is 5.10 Å². The Morgan fingerprint density at radius 3 is 2.71 bits per heavy atom. The number of nitrogens with one attached hydrogen (secondary N) is 1. The lowest BCUT2D eigenvalue weighted by atomic mass is 10.0. The minimum Gasteiger partial charge on any atom is -0.310 e. The van der Waals surface area contributed by atoms with E-state index in [9.17, 15) is 0 Å². The molecule has 1 aromatic carbocycles. The number of aromatic nitrogens is 2. The number of likely N-dealkylation sites (N-methyl/N-ethyl adjacent to an activating group) is 1. The Labute approximate surface area is 139 Å². The summed E-state index contributed by atoms with van der Waals surface area (Å²) in [5.41, 5.74) is 3.46. The Bertz CT molecular complexity index is 610. The van der Waals surface area contributed by atoms with Crippen LogP contribution >= 0.6 is 27.5 Å². The fraction of sp³-hybridized carbons (Fsp3) is 0.438. The van der Waals surface area contributed by atoms with Crippen LogP contribution < -0.4 is 5.32 Å². The van der Waals surface area contributed by atoms with E-state index in [0.717, 1.165) is 40.1 Å². The molecule has 0 saturated carbocycles. The molecule has 0 fully saturated rings. The van der Waals surface area contributed by atoms with E-state index in [0.29, 0.717) is 0 Å². The summed E-state index contributed by atoms with van der Waals surface area (Å²) in [7, 11) is 2.00. The molecule has 0 amide bonds. The van der Waals surface area contributed by atoms with Crippen LogP contribution in [-0.4, -0.2) is 16.3 Å². The molecule has 1 atom stereocenters. The predicted molar refractivity (Wildman–Crippen MR) is 91.9 cm³/mol. The van der Waals surface area contributed by atoms with E-state index in [1.165, 1.54) is 5.69 Å². The minimum absolute atomic E-state index is 0.181. The first kappa shape index (κ1) is 16.5. The normalized spacial score (nSPS) is 12.6. The Hall–Kier alpha value is -0.840. The Morgan fingerprint density at radius 1 is 1.33 bits per heavy atom. The maximum Gasteiger partial charge on any atom is 0.0624 e. The van der Waals surface area contributed by atoms with E-state index in [1.807, 2.05) is 23.9 Å². The summed E-state index contributed by atoms with van der Waals surface area (Å²) >= 11 is 9.91. The molecule has 1 N–H and O–H groups in total. The molecule has 0 saturated heterocycles. The third-order valence-corrected chi connectivity index (χ3v) is 4.42. The molecule has 114 valence electrons. The zero-order valence-corrected chi connectivity index (χ0v) is 15.0. The average Bonchev–Trinajstić information content (AvgIpc) is 2.82. The van der Waals surface area contributed by atoms with Gasteiger partial charge in [0.05, 0.1) is 5.69 Å². The highest BCUT2D eigenvalue weighted by atomic mass is 79.9. The zero-order valence-electron chi connectivity index (χ0n) is 12.7. The molecule has 2 aromatic rings. The molecule has 1 unspecified atom stereocenters. The lowest BCUT2D eigenvalue weighted by Gasteiger charge is -2.20. The number of benzene rings is 1. The van der Waals surface area contributed by atoms with Crippen LogP contribution in [0, 0.1) is 0 Å². The van der Waals surface area contributed by atoms with Gasteiger partial charge >= 0.3 is 0 Å². The van der Waals surface area contributed by atoms with E-state index in [1.54, 1.807) is 0 Å². The van der Waals surface area contributed by atoms with Crippen LogP contribution in [-0.2, 0) is 19.9 Å². The number of aryl methyl sites for hydroxylation is 2. The van der Waals surface area contributed by atoms with Crippen molar-refractivity contribution >= 4 is 27.5 Å². The maximum absolute atomic E-state index is 6.38. The van der Waals surface area contributed by atoms with Crippen molar-refractivity contribution in [1.29, 1.82) is 0 Å². The van der Waals surface area contributed by atoms with Gasteiger partial charge in [-0.3, -0.25) is 4.68 Å². The number of rotatable bonds is 6.